The molecule has 3 aromatic heterocycles. The van der Waals surface area contributed by atoms with Crippen LogP contribution in [-0.4, -0.2) is 24.1 Å². The normalized spacial score (nSPS) is 15.2. The zero-order valence-corrected chi connectivity index (χ0v) is 34.1. The van der Waals surface area contributed by atoms with Gasteiger partial charge >= 0.3 is 0 Å². The fourth-order valence-corrected chi connectivity index (χ4v) is 10.3. The predicted octanol–water partition coefficient (Wildman–Crippen LogP) is 13.9. The highest BCUT2D eigenvalue weighted by Crippen LogP contribution is 2.57. The molecule has 6 nitrogen and oxygen atoms in total. The molecule has 13 rings (SSSR count). The quantitative estimate of drug-likeness (QED) is 0.168. The van der Waals surface area contributed by atoms with Gasteiger partial charge in [-0.1, -0.05) is 164 Å². The van der Waals surface area contributed by atoms with Crippen molar-refractivity contribution in [1.29, 1.82) is 0 Å². The first-order valence-corrected chi connectivity index (χ1v) is 21.5. The van der Waals surface area contributed by atoms with Gasteiger partial charge in [0.05, 0.1) is 28.3 Å². The molecule has 2 unspecified atom stereocenters. The van der Waals surface area contributed by atoms with Gasteiger partial charge in [-0.15, -0.1) is 0 Å². The molecule has 0 fully saturated rings. The number of hydrogen-bond donors (Lipinski definition) is 0. The fourth-order valence-electron chi connectivity index (χ4n) is 10.3. The van der Waals surface area contributed by atoms with Crippen molar-refractivity contribution in [2.45, 2.75) is 12.0 Å². The molecule has 296 valence electrons. The first kappa shape index (κ1) is 35.4. The van der Waals surface area contributed by atoms with E-state index in [1.807, 2.05) is 18.2 Å². The molecule has 1 aliphatic heterocycles. The second kappa shape index (κ2) is 14.1. The molecule has 0 amide bonds. The van der Waals surface area contributed by atoms with Crippen molar-refractivity contribution in [3.05, 3.63) is 229 Å². The minimum atomic E-state index is -0.128. The van der Waals surface area contributed by atoms with Crippen LogP contribution in [0.4, 0.5) is 11.6 Å². The lowest BCUT2D eigenvalue weighted by atomic mass is 9.84. The van der Waals surface area contributed by atoms with Crippen LogP contribution in [0.5, 0.6) is 0 Å². The molecule has 0 N–H and O–H groups in total. The third-order valence-electron chi connectivity index (χ3n) is 12.9. The van der Waals surface area contributed by atoms with Crippen LogP contribution in [0.1, 0.15) is 28.8 Å². The molecule has 0 spiro atoms. The SMILES string of the molecule is C1=CC2c3ccccc3N(c3nc(-c4ccccc4)nc(-c4cccc5c6ccccc6n(-c6ccccc6)c45)n3)C2c2c1n(-c1cccc(-c3ccccc3)c1)c1ccccc21. The summed E-state index contributed by atoms with van der Waals surface area (Å²) in [6, 6.07) is 73.0. The molecule has 0 bridgehead atoms. The summed E-state index contributed by atoms with van der Waals surface area (Å²) >= 11 is 0. The Morgan fingerprint density at radius 3 is 1.84 bits per heavy atom. The van der Waals surface area contributed by atoms with E-state index in [0.717, 1.165) is 55.8 Å². The van der Waals surface area contributed by atoms with Gasteiger partial charge in [0, 0.05) is 55.8 Å². The lowest BCUT2D eigenvalue weighted by Crippen LogP contribution is -2.26. The van der Waals surface area contributed by atoms with E-state index < -0.39 is 0 Å². The number of para-hydroxylation sites is 5. The fraction of sp³-hybridized carbons (Fsp3) is 0.0351. The lowest BCUT2D eigenvalue weighted by Gasteiger charge is -2.31. The predicted molar refractivity (Wildman–Crippen MR) is 257 cm³/mol. The summed E-state index contributed by atoms with van der Waals surface area (Å²) in [6.07, 6.45) is 4.73. The van der Waals surface area contributed by atoms with Gasteiger partial charge in [-0.3, -0.25) is 0 Å². The summed E-state index contributed by atoms with van der Waals surface area (Å²) in [7, 11) is 0. The van der Waals surface area contributed by atoms with Gasteiger partial charge in [-0.05, 0) is 71.3 Å². The smallest absolute Gasteiger partial charge is 0.234 e. The summed E-state index contributed by atoms with van der Waals surface area (Å²) in [5.41, 5.74) is 14.6. The first-order valence-electron chi connectivity index (χ1n) is 21.5. The largest absolute Gasteiger partial charge is 0.309 e. The highest BCUT2D eigenvalue weighted by Gasteiger charge is 2.45. The average Bonchev–Trinajstić information content (AvgIpc) is 4.01. The Balaban J connectivity index is 1.06. The Bertz CT molecular complexity index is 3590. The highest BCUT2D eigenvalue weighted by molar-refractivity contribution is 6.13. The molecule has 1 aliphatic carbocycles. The number of fused-ring (bicyclic) bond motifs is 10. The second-order valence-corrected chi connectivity index (χ2v) is 16.4. The number of aromatic nitrogens is 5. The van der Waals surface area contributed by atoms with Crippen molar-refractivity contribution in [3.8, 4) is 45.3 Å². The van der Waals surface area contributed by atoms with Gasteiger partial charge in [-0.2, -0.15) is 9.97 Å². The Morgan fingerprint density at radius 1 is 0.429 bits per heavy atom. The molecular formula is C57H38N6. The van der Waals surface area contributed by atoms with E-state index in [1.165, 1.54) is 33.0 Å². The van der Waals surface area contributed by atoms with Crippen LogP contribution in [0, 0.1) is 0 Å². The summed E-state index contributed by atoms with van der Waals surface area (Å²) in [4.78, 5) is 18.8. The molecular weight excluding hydrogens is 769 g/mol. The van der Waals surface area contributed by atoms with Crippen LogP contribution in [0.25, 0.3) is 84.1 Å². The minimum Gasteiger partial charge on any atom is -0.309 e. The number of nitrogens with zero attached hydrogens (tertiary/aromatic N) is 6. The van der Waals surface area contributed by atoms with E-state index in [2.05, 4.69) is 214 Å². The van der Waals surface area contributed by atoms with Crippen molar-refractivity contribution in [1.82, 2.24) is 24.1 Å². The Hall–Kier alpha value is -8.35. The average molecular weight is 807 g/mol. The van der Waals surface area contributed by atoms with Crippen molar-refractivity contribution in [2.75, 3.05) is 4.90 Å². The van der Waals surface area contributed by atoms with Crippen molar-refractivity contribution < 1.29 is 0 Å². The van der Waals surface area contributed by atoms with Crippen LogP contribution in [0.3, 0.4) is 0 Å². The molecule has 2 atom stereocenters. The molecule has 63 heavy (non-hydrogen) atoms. The van der Waals surface area contributed by atoms with E-state index in [1.54, 1.807) is 0 Å². The van der Waals surface area contributed by atoms with Crippen LogP contribution in [0.2, 0.25) is 0 Å². The summed E-state index contributed by atoms with van der Waals surface area (Å²) < 4.78 is 4.79. The van der Waals surface area contributed by atoms with Crippen molar-refractivity contribution >= 4 is 50.4 Å². The molecule has 4 heterocycles. The van der Waals surface area contributed by atoms with Crippen LogP contribution in [0.15, 0.2) is 212 Å². The summed E-state index contributed by atoms with van der Waals surface area (Å²) in [6.45, 7) is 0. The van der Waals surface area contributed by atoms with E-state index >= 15 is 0 Å². The molecule has 0 saturated heterocycles. The van der Waals surface area contributed by atoms with Gasteiger partial charge in [0.1, 0.15) is 0 Å². The van der Waals surface area contributed by atoms with Crippen molar-refractivity contribution in [3.63, 3.8) is 0 Å². The topological polar surface area (TPSA) is 51.8 Å². The van der Waals surface area contributed by atoms with E-state index in [9.17, 15) is 0 Å². The van der Waals surface area contributed by atoms with Crippen molar-refractivity contribution in [2.24, 2.45) is 0 Å². The molecule has 2 aliphatic rings. The monoisotopic (exact) mass is 806 g/mol. The zero-order chi connectivity index (χ0) is 41.4. The van der Waals surface area contributed by atoms with E-state index in [4.69, 9.17) is 15.0 Å². The maximum Gasteiger partial charge on any atom is 0.234 e. The number of hydrogen-bond acceptors (Lipinski definition) is 4. The number of rotatable bonds is 6. The first-order chi connectivity index (χ1) is 31.3. The van der Waals surface area contributed by atoms with Crippen LogP contribution in [-0.2, 0) is 0 Å². The second-order valence-electron chi connectivity index (χ2n) is 16.4. The van der Waals surface area contributed by atoms with Gasteiger partial charge in [0.15, 0.2) is 11.6 Å². The van der Waals surface area contributed by atoms with Gasteiger partial charge < -0.3 is 14.0 Å². The van der Waals surface area contributed by atoms with Crippen LogP contribution >= 0.6 is 0 Å². The van der Waals surface area contributed by atoms with E-state index in [0.29, 0.717) is 17.6 Å². The van der Waals surface area contributed by atoms with Crippen LogP contribution < -0.4 is 4.90 Å². The van der Waals surface area contributed by atoms with Gasteiger partial charge in [0.2, 0.25) is 5.95 Å². The minimum absolute atomic E-state index is 0.0630. The Morgan fingerprint density at radius 2 is 1.03 bits per heavy atom. The third kappa shape index (κ3) is 5.48. The Labute approximate surface area is 364 Å². The lowest BCUT2D eigenvalue weighted by molar-refractivity contribution is 0.657. The number of anilines is 2. The standard InChI is InChI=1S/C57H38N6/c1-4-18-37(19-5-1)39-22-16-25-41(36-39)61-50-33-15-12-28-46(50)52-51(61)35-34-45-43-27-11-14-32-49(43)63(54(45)52)57-59-55(38-20-6-2-7-21-38)58-56(60-57)47-30-17-29-44-42-26-10-13-31-48(42)62(53(44)47)40-23-8-3-9-24-40/h1-36,45,54H. The maximum absolute atomic E-state index is 5.58. The molecule has 0 radical (unpaired) electrons. The Kier molecular flexibility index (Phi) is 7.93. The van der Waals surface area contributed by atoms with Gasteiger partial charge in [-0.25, -0.2) is 4.98 Å². The molecule has 11 aromatic rings. The van der Waals surface area contributed by atoms with E-state index in [-0.39, 0.29) is 12.0 Å². The zero-order valence-electron chi connectivity index (χ0n) is 34.1. The molecule has 6 heteroatoms. The van der Waals surface area contributed by atoms with Gasteiger partial charge in [0.25, 0.3) is 0 Å². The molecule has 8 aromatic carbocycles. The summed E-state index contributed by atoms with van der Waals surface area (Å²) in [5.74, 6) is 1.93. The highest BCUT2D eigenvalue weighted by atomic mass is 15.3. The third-order valence-corrected chi connectivity index (χ3v) is 12.9. The summed E-state index contributed by atoms with van der Waals surface area (Å²) in [5, 5.41) is 3.54. The number of benzene rings is 8. The maximum atomic E-state index is 5.58. The molecule has 0 saturated carbocycles.